The maximum atomic E-state index is 12.4. The fourth-order valence-corrected chi connectivity index (χ4v) is 2.20. The van der Waals surface area contributed by atoms with Gasteiger partial charge in [0.2, 0.25) is 0 Å². The first-order chi connectivity index (χ1) is 12.0. The zero-order chi connectivity index (χ0) is 18.2. The van der Waals surface area contributed by atoms with E-state index < -0.39 is 6.04 Å². The largest absolute Gasteiger partial charge is 0.478 e. The smallest absolute Gasteiger partial charge is 0.322 e. The van der Waals surface area contributed by atoms with Crippen molar-refractivity contribution in [2.75, 3.05) is 13.3 Å². The fraction of sp³-hybridized carbons (Fsp3) is 0.263. The summed E-state index contributed by atoms with van der Waals surface area (Å²) in [7, 11) is 0. The van der Waals surface area contributed by atoms with Crippen LogP contribution in [0.25, 0.3) is 0 Å². The van der Waals surface area contributed by atoms with Crippen molar-refractivity contribution in [1.29, 1.82) is 0 Å². The summed E-state index contributed by atoms with van der Waals surface area (Å²) >= 11 is 5.83. The lowest BCUT2D eigenvalue weighted by Gasteiger charge is -2.13. The van der Waals surface area contributed by atoms with Gasteiger partial charge in [-0.05, 0) is 62.4 Å². The highest BCUT2D eigenvalue weighted by Gasteiger charge is 2.13. The zero-order valence-electron chi connectivity index (χ0n) is 14.1. The monoisotopic (exact) mass is 361 g/mol. The molecule has 0 saturated heterocycles. The molecule has 25 heavy (non-hydrogen) atoms. The highest BCUT2D eigenvalue weighted by molar-refractivity contribution is 6.30. The minimum Gasteiger partial charge on any atom is -0.478 e. The normalized spacial score (nSPS) is 11.6. The Kier molecular flexibility index (Phi) is 6.98. The number of rotatable bonds is 8. The number of esters is 1. The average molecular weight is 362 g/mol. The molecule has 2 aromatic carbocycles. The third kappa shape index (κ3) is 5.59. The molecular weight excluding hydrogens is 342 g/mol. The molecule has 0 aliphatic carbocycles. The Morgan fingerprint density at radius 2 is 1.60 bits per heavy atom. The summed E-state index contributed by atoms with van der Waals surface area (Å²) in [5.74, 6) is 0.184. The molecule has 0 aromatic heterocycles. The molecule has 0 bridgehead atoms. The van der Waals surface area contributed by atoms with Gasteiger partial charge in [-0.15, -0.1) is 0 Å². The Hall–Kier alpha value is -2.37. The number of nitrogens with one attached hydrogen (secondary N) is 1. The van der Waals surface area contributed by atoms with Gasteiger partial charge in [0.05, 0.1) is 6.61 Å². The molecule has 0 fully saturated rings. The van der Waals surface area contributed by atoms with Crippen LogP contribution in [0.2, 0.25) is 5.02 Å². The van der Waals surface area contributed by atoms with Crippen molar-refractivity contribution >= 4 is 23.4 Å². The number of benzene rings is 2. The Morgan fingerprint density at radius 1 is 1.04 bits per heavy atom. The molecule has 0 saturated carbocycles. The number of carbonyl (C=O) groups excluding carboxylic acids is 2. The molecule has 2 rings (SSSR count). The number of ketones is 1. The molecule has 0 aliphatic heterocycles. The summed E-state index contributed by atoms with van der Waals surface area (Å²) in [6, 6.07) is 13.1. The molecule has 5 nitrogen and oxygen atoms in total. The molecule has 0 amide bonds. The van der Waals surface area contributed by atoms with Crippen LogP contribution in [0.5, 0.6) is 5.75 Å². The SMILES string of the molecule is CCOC(=O)C(C)NCOc1ccc(C(=O)c2ccc(Cl)cc2)cc1. The van der Waals surface area contributed by atoms with E-state index >= 15 is 0 Å². The zero-order valence-corrected chi connectivity index (χ0v) is 14.9. The first kappa shape index (κ1) is 19.0. The molecule has 0 spiro atoms. The van der Waals surface area contributed by atoms with E-state index in [0.717, 1.165) is 0 Å². The summed E-state index contributed by atoms with van der Waals surface area (Å²) in [5, 5.41) is 3.50. The highest BCUT2D eigenvalue weighted by atomic mass is 35.5. The molecule has 6 heteroatoms. The molecule has 132 valence electrons. The van der Waals surface area contributed by atoms with Gasteiger partial charge >= 0.3 is 5.97 Å². The topological polar surface area (TPSA) is 64.6 Å². The molecule has 0 heterocycles. The number of carbonyl (C=O) groups is 2. The average Bonchev–Trinajstić information content (AvgIpc) is 2.62. The molecule has 0 aliphatic rings. The van der Waals surface area contributed by atoms with Crippen LogP contribution in [-0.2, 0) is 9.53 Å². The van der Waals surface area contributed by atoms with Gasteiger partial charge in [-0.2, -0.15) is 0 Å². The van der Waals surface area contributed by atoms with E-state index in [1.165, 1.54) is 0 Å². The van der Waals surface area contributed by atoms with Crippen molar-refractivity contribution in [2.24, 2.45) is 0 Å². The molecule has 1 N–H and O–H groups in total. The van der Waals surface area contributed by atoms with Gasteiger partial charge in [0.15, 0.2) is 5.78 Å². The van der Waals surface area contributed by atoms with E-state index in [9.17, 15) is 9.59 Å². The van der Waals surface area contributed by atoms with Crippen molar-refractivity contribution in [1.82, 2.24) is 5.32 Å². The number of hydrogen-bond donors (Lipinski definition) is 1. The Morgan fingerprint density at radius 3 is 2.16 bits per heavy atom. The predicted molar refractivity (Wildman–Crippen MR) is 96.1 cm³/mol. The van der Waals surface area contributed by atoms with Gasteiger partial charge in [-0.25, -0.2) is 0 Å². The molecule has 1 unspecified atom stereocenters. The van der Waals surface area contributed by atoms with Crippen LogP contribution in [0.3, 0.4) is 0 Å². The van der Waals surface area contributed by atoms with Crippen molar-refractivity contribution in [3.05, 3.63) is 64.7 Å². The third-order valence-electron chi connectivity index (χ3n) is 3.49. The minimum atomic E-state index is -0.453. The van der Waals surface area contributed by atoms with Crippen LogP contribution in [0.4, 0.5) is 0 Å². The summed E-state index contributed by atoms with van der Waals surface area (Å²) in [6.45, 7) is 3.96. The van der Waals surface area contributed by atoms with Crippen LogP contribution < -0.4 is 10.1 Å². The van der Waals surface area contributed by atoms with E-state index in [2.05, 4.69) is 5.32 Å². The fourth-order valence-electron chi connectivity index (χ4n) is 2.07. The molecular formula is C19H20ClNO4. The first-order valence-electron chi connectivity index (χ1n) is 7.94. The number of hydrogen-bond acceptors (Lipinski definition) is 5. The lowest BCUT2D eigenvalue weighted by atomic mass is 10.0. The van der Waals surface area contributed by atoms with E-state index in [4.69, 9.17) is 21.1 Å². The summed E-state index contributed by atoms with van der Waals surface area (Å²) in [5.41, 5.74) is 1.13. The van der Waals surface area contributed by atoms with Gasteiger partial charge in [0.1, 0.15) is 18.5 Å². The molecule has 0 radical (unpaired) electrons. The van der Waals surface area contributed by atoms with Crippen LogP contribution in [-0.4, -0.2) is 31.1 Å². The lowest BCUT2D eigenvalue weighted by Crippen LogP contribution is -2.37. The Bertz CT molecular complexity index is 713. The standard InChI is InChI=1S/C19H20ClNO4/c1-3-24-19(23)13(2)21-12-25-17-10-6-15(7-11-17)18(22)14-4-8-16(20)9-5-14/h4-11,13,21H,3,12H2,1-2H3. The van der Waals surface area contributed by atoms with Gasteiger partial charge in [0, 0.05) is 16.1 Å². The molecule has 1 atom stereocenters. The van der Waals surface area contributed by atoms with Crippen LogP contribution in [0.15, 0.2) is 48.5 Å². The number of halogens is 1. The second-order valence-corrected chi connectivity index (χ2v) is 5.76. The summed E-state index contributed by atoms with van der Waals surface area (Å²) in [4.78, 5) is 23.8. The van der Waals surface area contributed by atoms with Gasteiger partial charge in [0.25, 0.3) is 0 Å². The summed E-state index contributed by atoms with van der Waals surface area (Å²) in [6.07, 6.45) is 0. The van der Waals surface area contributed by atoms with Crippen molar-refractivity contribution in [3.8, 4) is 5.75 Å². The number of ether oxygens (including phenoxy) is 2. The highest BCUT2D eigenvalue weighted by Crippen LogP contribution is 2.17. The Balaban J connectivity index is 1.88. The predicted octanol–water partition coefficient (Wildman–Crippen LogP) is 3.45. The van der Waals surface area contributed by atoms with E-state index in [1.807, 2.05) is 0 Å². The van der Waals surface area contributed by atoms with Crippen LogP contribution in [0, 0.1) is 0 Å². The van der Waals surface area contributed by atoms with Crippen molar-refractivity contribution < 1.29 is 19.1 Å². The molecule has 2 aromatic rings. The first-order valence-corrected chi connectivity index (χ1v) is 8.32. The third-order valence-corrected chi connectivity index (χ3v) is 3.74. The van der Waals surface area contributed by atoms with E-state index in [1.54, 1.807) is 62.4 Å². The lowest BCUT2D eigenvalue weighted by molar-refractivity contribution is -0.145. The van der Waals surface area contributed by atoms with Crippen LogP contribution in [0.1, 0.15) is 29.8 Å². The van der Waals surface area contributed by atoms with Crippen LogP contribution >= 0.6 is 11.6 Å². The maximum Gasteiger partial charge on any atom is 0.322 e. The quantitative estimate of drug-likeness (QED) is 0.443. The van der Waals surface area contributed by atoms with E-state index in [0.29, 0.717) is 28.5 Å². The van der Waals surface area contributed by atoms with E-state index in [-0.39, 0.29) is 18.5 Å². The van der Waals surface area contributed by atoms with Gasteiger partial charge < -0.3 is 9.47 Å². The summed E-state index contributed by atoms with van der Waals surface area (Å²) < 4.78 is 10.4. The minimum absolute atomic E-state index is 0.0859. The van der Waals surface area contributed by atoms with Crippen molar-refractivity contribution in [2.45, 2.75) is 19.9 Å². The maximum absolute atomic E-state index is 12.4. The van der Waals surface area contributed by atoms with Crippen molar-refractivity contribution in [3.63, 3.8) is 0 Å². The second-order valence-electron chi connectivity index (χ2n) is 5.33. The van der Waals surface area contributed by atoms with Gasteiger partial charge in [-0.1, -0.05) is 11.6 Å². The van der Waals surface area contributed by atoms with Gasteiger partial charge in [-0.3, -0.25) is 14.9 Å². The Labute approximate surface area is 151 Å². The second kappa shape index (κ2) is 9.20.